The van der Waals surface area contributed by atoms with Gasteiger partial charge in [0, 0.05) is 6.08 Å². The van der Waals surface area contributed by atoms with Gasteiger partial charge in [-0.1, -0.05) is 48.0 Å². The molecule has 0 spiro atoms. The molecule has 1 atom stereocenters. The van der Waals surface area contributed by atoms with Crippen molar-refractivity contribution in [1.82, 2.24) is 5.32 Å². The van der Waals surface area contributed by atoms with Crippen molar-refractivity contribution in [2.45, 2.75) is 33.7 Å². The largest absolute Gasteiger partial charge is 0.452 e. The van der Waals surface area contributed by atoms with Crippen LogP contribution in [-0.4, -0.2) is 18.5 Å². The summed E-state index contributed by atoms with van der Waals surface area (Å²) < 4.78 is 4.99. The molecular weight excluding hydrogens is 326 g/mol. The molecule has 2 aromatic rings. The summed E-state index contributed by atoms with van der Waals surface area (Å²) in [4.78, 5) is 23.7. The van der Waals surface area contributed by atoms with Crippen LogP contribution in [0.4, 0.5) is 0 Å². The first-order valence-electron chi connectivity index (χ1n) is 8.63. The topological polar surface area (TPSA) is 55.4 Å². The molecule has 4 nitrogen and oxygen atoms in total. The van der Waals surface area contributed by atoms with Crippen LogP contribution in [0.3, 0.4) is 0 Å². The number of hydrogen-bond donors (Lipinski definition) is 1. The molecule has 1 amide bonds. The molecule has 0 aliphatic carbocycles. The Balaban J connectivity index is 1.81. The highest BCUT2D eigenvalue weighted by atomic mass is 16.5. The molecular formula is C22H25NO3. The Hall–Kier alpha value is -2.88. The van der Waals surface area contributed by atoms with Gasteiger partial charge in [0.25, 0.3) is 5.91 Å². The van der Waals surface area contributed by atoms with Gasteiger partial charge in [-0.2, -0.15) is 0 Å². The summed E-state index contributed by atoms with van der Waals surface area (Å²) >= 11 is 0. The van der Waals surface area contributed by atoms with Crippen molar-refractivity contribution in [2.75, 3.05) is 6.61 Å². The van der Waals surface area contributed by atoms with Crippen molar-refractivity contribution in [3.8, 4) is 0 Å². The Labute approximate surface area is 154 Å². The van der Waals surface area contributed by atoms with E-state index >= 15 is 0 Å². The highest BCUT2D eigenvalue weighted by molar-refractivity contribution is 5.89. The summed E-state index contributed by atoms with van der Waals surface area (Å²) in [6.45, 7) is 7.69. The molecule has 0 unspecified atom stereocenters. The van der Waals surface area contributed by atoms with E-state index in [1.807, 2.05) is 64.1 Å². The molecule has 0 heterocycles. The minimum atomic E-state index is -0.542. The molecule has 0 aliphatic heterocycles. The first-order valence-corrected chi connectivity index (χ1v) is 8.63. The van der Waals surface area contributed by atoms with Crippen LogP contribution in [0, 0.1) is 20.8 Å². The fraction of sp³-hybridized carbons (Fsp3) is 0.273. The van der Waals surface area contributed by atoms with Crippen molar-refractivity contribution in [3.05, 3.63) is 76.4 Å². The van der Waals surface area contributed by atoms with Crippen LogP contribution in [0.5, 0.6) is 0 Å². The number of aryl methyl sites for hydroxylation is 3. The predicted octanol–water partition coefficient (Wildman–Crippen LogP) is 4.05. The van der Waals surface area contributed by atoms with Gasteiger partial charge in [-0.05, 0) is 56.0 Å². The number of benzene rings is 2. The van der Waals surface area contributed by atoms with Crippen molar-refractivity contribution in [1.29, 1.82) is 0 Å². The molecule has 0 saturated heterocycles. The number of rotatable bonds is 6. The number of ether oxygens (including phenoxy) is 1. The van der Waals surface area contributed by atoms with Crippen molar-refractivity contribution in [2.24, 2.45) is 0 Å². The Morgan fingerprint density at radius 2 is 1.73 bits per heavy atom. The van der Waals surface area contributed by atoms with E-state index in [1.54, 1.807) is 6.08 Å². The van der Waals surface area contributed by atoms with E-state index in [0.717, 1.165) is 16.7 Å². The van der Waals surface area contributed by atoms with Crippen molar-refractivity contribution < 1.29 is 14.3 Å². The SMILES string of the molecule is Cc1ccc(/C=C/C(=O)OCC(=O)N[C@@H](C)c2ccc(C)c(C)c2)cc1. The number of hydrogen-bond acceptors (Lipinski definition) is 3. The zero-order valence-corrected chi connectivity index (χ0v) is 15.7. The second kappa shape index (κ2) is 8.99. The Morgan fingerprint density at radius 1 is 1.04 bits per heavy atom. The summed E-state index contributed by atoms with van der Waals surface area (Å²) in [5, 5.41) is 2.84. The number of carbonyl (C=O) groups excluding carboxylic acids is 2. The molecule has 2 rings (SSSR count). The third kappa shape index (κ3) is 5.88. The normalized spacial score (nSPS) is 12.0. The van der Waals surface area contributed by atoms with E-state index in [2.05, 4.69) is 11.4 Å². The highest BCUT2D eigenvalue weighted by Gasteiger charge is 2.11. The van der Waals surface area contributed by atoms with Crippen molar-refractivity contribution in [3.63, 3.8) is 0 Å². The average Bonchev–Trinajstić information content (AvgIpc) is 2.61. The molecule has 2 aromatic carbocycles. The number of carbonyl (C=O) groups is 2. The fourth-order valence-electron chi connectivity index (χ4n) is 2.43. The van der Waals surface area contributed by atoms with E-state index in [9.17, 15) is 9.59 Å². The summed E-state index contributed by atoms with van der Waals surface area (Å²) in [5.74, 6) is -0.868. The monoisotopic (exact) mass is 351 g/mol. The van der Waals surface area contributed by atoms with Crippen LogP contribution in [0.2, 0.25) is 0 Å². The van der Waals surface area contributed by atoms with Gasteiger partial charge in [0.2, 0.25) is 0 Å². The van der Waals surface area contributed by atoms with Gasteiger partial charge in [0.1, 0.15) is 0 Å². The molecule has 136 valence electrons. The minimum Gasteiger partial charge on any atom is -0.452 e. The first-order chi connectivity index (χ1) is 12.3. The lowest BCUT2D eigenvalue weighted by Crippen LogP contribution is -2.31. The zero-order chi connectivity index (χ0) is 19.1. The predicted molar refractivity (Wildman–Crippen MR) is 104 cm³/mol. The third-order valence-corrected chi connectivity index (χ3v) is 4.24. The Kier molecular flexibility index (Phi) is 6.73. The number of nitrogens with one attached hydrogen (secondary N) is 1. The lowest BCUT2D eigenvalue weighted by atomic mass is 10.0. The lowest BCUT2D eigenvalue weighted by Gasteiger charge is -2.15. The maximum atomic E-state index is 12.0. The van der Waals surface area contributed by atoms with Gasteiger partial charge >= 0.3 is 5.97 Å². The van der Waals surface area contributed by atoms with Crippen LogP contribution in [-0.2, 0) is 14.3 Å². The minimum absolute atomic E-state index is 0.149. The summed E-state index contributed by atoms with van der Waals surface area (Å²) in [6, 6.07) is 13.7. The third-order valence-electron chi connectivity index (χ3n) is 4.24. The second-order valence-corrected chi connectivity index (χ2v) is 6.48. The fourth-order valence-corrected chi connectivity index (χ4v) is 2.43. The summed E-state index contributed by atoms with van der Waals surface area (Å²) in [7, 11) is 0. The van der Waals surface area contributed by atoms with Gasteiger partial charge in [-0.25, -0.2) is 4.79 Å². The Bertz CT molecular complexity index is 807. The second-order valence-electron chi connectivity index (χ2n) is 6.48. The molecule has 0 fully saturated rings. The van der Waals surface area contributed by atoms with Crippen LogP contribution < -0.4 is 5.32 Å². The van der Waals surface area contributed by atoms with E-state index in [-0.39, 0.29) is 18.6 Å². The molecule has 0 radical (unpaired) electrons. The van der Waals surface area contributed by atoms with Crippen LogP contribution in [0.25, 0.3) is 6.08 Å². The van der Waals surface area contributed by atoms with E-state index in [0.29, 0.717) is 0 Å². The standard InChI is InChI=1S/C22H25NO3/c1-15-5-8-19(9-6-15)10-12-22(25)26-14-21(24)23-18(4)20-11-7-16(2)17(3)13-20/h5-13,18H,14H2,1-4H3,(H,23,24)/b12-10+/t18-/m0/s1. The summed E-state index contributed by atoms with van der Waals surface area (Å²) in [5.41, 5.74) is 5.46. The maximum Gasteiger partial charge on any atom is 0.331 e. The van der Waals surface area contributed by atoms with Gasteiger partial charge in [-0.3, -0.25) is 4.79 Å². The molecule has 0 saturated carbocycles. The van der Waals surface area contributed by atoms with E-state index < -0.39 is 5.97 Å². The van der Waals surface area contributed by atoms with Crippen LogP contribution in [0.1, 0.15) is 40.8 Å². The van der Waals surface area contributed by atoms with Gasteiger partial charge < -0.3 is 10.1 Å². The van der Waals surface area contributed by atoms with Gasteiger partial charge in [0.05, 0.1) is 6.04 Å². The first kappa shape index (κ1) is 19.4. The highest BCUT2D eigenvalue weighted by Crippen LogP contribution is 2.16. The van der Waals surface area contributed by atoms with Crippen molar-refractivity contribution >= 4 is 18.0 Å². The number of esters is 1. The van der Waals surface area contributed by atoms with Crippen LogP contribution >= 0.6 is 0 Å². The molecule has 1 N–H and O–H groups in total. The average molecular weight is 351 g/mol. The lowest BCUT2D eigenvalue weighted by molar-refractivity contribution is -0.144. The van der Waals surface area contributed by atoms with Gasteiger partial charge in [0.15, 0.2) is 6.61 Å². The molecule has 4 heteroatoms. The molecule has 0 bridgehead atoms. The quantitative estimate of drug-likeness (QED) is 0.631. The Morgan fingerprint density at radius 3 is 2.38 bits per heavy atom. The summed E-state index contributed by atoms with van der Waals surface area (Å²) in [6.07, 6.45) is 2.99. The molecule has 26 heavy (non-hydrogen) atoms. The van der Waals surface area contributed by atoms with E-state index in [4.69, 9.17) is 4.74 Å². The maximum absolute atomic E-state index is 12.0. The van der Waals surface area contributed by atoms with Gasteiger partial charge in [-0.15, -0.1) is 0 Å². The number of amides is 1. The van der Waals surface area contributed by atoms with Crippen LogP contribution in [0.15, 0.2) is 48.5 Å². The molecule has 0 aromatic heterocycles. The zero-order valence-electron chi connectivity index (χ0n) is 15.7. The smallest absolute Gasteiger partial charge is 0.331 e. The molecule has 0 aliphatic rings. The van der Waals surface area contributed by atoms with E-state index in [1.165, 1.54) is 17.2 Å².